The summed E-state index contributed by atoms with van der Waals surface area (Å²) in [5.74, 6) is -1.90. The van der Waals surface area contributed by atoms with E-state index in [0.717, 1.165) is 4.31 Å². The van der Waals surface area contributed by atoms with Crippen molar-refractivity contribution in [1.82, 2.24) is 14.5 Å². The second-order valence-corrected chi connectivity index (χ2v) is 8.10. The van der Waals surface area contributed by atoms with Gasteiger partial charge in [0.1, 0.15) is 0 Å². The molecule has 0 saturated carbocycles. The van der Waals surface area contributed by atoms with Crippen molar-refractivity contribution in [2.75, 3.05) is 39.3 Å². The minimum Gasteiger partial charge on any atom is -0.479 e. The number of ether oxygens (including phenoxy) is 1. The lowest BCUT2D eigenvalue weighted by Crippen LogP contribution is -2.49. The van der Waals surface area contributed by atoms with E-state index in [4.69, 9.17) is 9.84 Å². The zero-order valence-corrected chi connectivity index (χ0v) is 15.1. The Hall–Kier alpha value is -2.50. The third-order valence-electron chi connectivity index (χ3n) is 4.37. The van der Waals surface area contributed by atoms with E-state index in [1.807, 2.05) is 0 Å². The summed E-state index contributed by atoms with van der Waals surface area (Å²) in [6, 6.07) is 5.38. The fourth-order valence-electron chi connectivity index (χ4n) is 2.90. The van der Waals surface area contributed by atoms with Gasteiger partial charge in [-0.25, -0.2) is 13.2 Å². The molecule has 3 rings (SSSR count). The minimum atomic E-state index is -3.83. The third-order valence-corrected chi connectivity index (χ3v) is 6.23. The summed E-state index contributed by atoms with van der Waals surface area (Å²) in [5, 5.41) is 11.6. The molecule has 1 unspecified atom stereocenters. The number of carbonyl (C=O) groups excluding carboxylic acids is 2. The Labute approximate surface area is 155 Å². The lowest BCUT2D eigenvalue weighted by atomic mass is 10.1. The van der Waals surface area contributed by atoms with Gasteiger partial charge in [-0.05, 0) is 24.3 Å². The summed E-state index contributed by atoms with van der Waals surface area (Å²) in [7, 11) is -3.83. The van der Waals surface area contributed by atoms with Gasteiger partial charge in [0.2, 0.25) is 15.9 Å². The van der Waals surface area contributed by atoms with E-state index < -0.39 is 28.0 Å². The van der Waals surface area contributed by atoms with Gasteiger partial charge in [-0.2, -0.15) is 4.31 Å². The first-order chi connectivity index (χ1) is 12.8. The standard InChI is InChI=1S/C16H19N3O7S/c20-14-10-19(6-5-17-14)27(24,25)12-3-1-11(2-4-12)15(21)18-7-8-26-13(9-18)16(22)23/h1-4,13H,5-10H2,(H,17,20)(H,22,23). The maximum atomic E-state index is 12.6. The van der Waals surface area contributed by atoms with Crippen molar-refractivity contribution in [3.63, 3.8) is 0 Å². The van der Waals surface area contributed by atoms with Crippen LogP contribution in [0.25, 0.3) is 0 Å². The number of hydrogen-bond donors (Lipinski definition) is 2. The van der Waals surface area contributed by atoms with Crippen LogP contribution < -0.4 is 5.32 Å². The number of hydrogen-bond acceptors (Lipinski definition) is 6. The average Bonchev–Trinajstić information content (AvgIpc) is 2.67. The van der Waals surface area contributed by atoms with Gasteiger partial charge in [0, 0.05) is 25.2 Å². The minimum absolute atomic E-state index is 0.0147. The smallest absolute Gasteiger partial charge is 0.334 e. The van der Waals surface area contributed by atoms with Crippen molar-refractivity contribution < 1.29 is 32.6 Å². The highest BCUT2D eigenvalue weighted by molar-refractivity contribution is 7.89. The van der Waals surface area contributed by atoms with Gasteiger partial charge in [0.25, 0.3) is 5.91 Å². The van der Waals surface area contributed by atoms with E-state index in [-0.39, 0.29) is 55.7 Å². The fraction of sp³-hybridized carbons (Fsp3) is 0.438. The predicted octanol–water partition coefficient (Wildman–Crippen LogP) is -1.27. The first-order valence-corrected chi connectivity index (χ1v) is 9.73. The highest BCUT2D eigenvalue weighted by Gasteiger charge is 2.31. The predicted molar refractivity (Wildman–Crippen MR) is 91.5 cm³/mol. The number of morpholine rings is 1. The second kappa shape index (κ2) is 7.62. The largest absolute Gasteiger partial charge is 0.479 e. The Balaban J connectivity index is 1.74. The van der Waals surface area contributed by atoms with Crippen molar-refractivity contribution in [2.24, 2.45) is 0 Å². The first-order valence-electron chi connectivity index (χ1n) is 8.29. The lowest BCUT2D eigenvalue weighted by Gasteiger charge is -2.31. The van der Waals surface area contributed by atoms with Crippen LogP contribution in [0, 0.1) is 0 Å². The SMILES string of the molecule is O=C1CN(S(=O)(=O)c2ccc(C(=O)N3CCOC(C(=O)O)C3)cc2)CCN1. The molecule has 1 aromatic carbocycles. The highest BCUT2D eigenvalue weighted by atomic mass is 32.2. The maximum Gasteiger partial charge on any atom is 0.334 e. The zero-order valence-electron chi connectivity index (χ0n) is 14.3. The Morgan fingerprint density at radius 3 is 2.52 bits per heavy atom. The monoisotopic (exact) mass is 397 g/mol. The zero-order chi connectivity index (χ0) is 19.6. The van der Waals surface area contributed by atoms with Crippen molar-refractivity contribution >= 4 is 27.8 Å². The topological polar surface area (TPSA) is 133 Å². The van der Waals surface area contributed by atoms with Gasteiger partial charge >= 0.3 is 5.97 Å². The molecule has 1 aromatic rings. The molecule has 1 atom stereocenters. The quantitative estimate of drug-likeness (QED) is 0.647. The number of carboxylic acid groups (broad SMARTS) is 1. The van der Waals surface area contributed by atoms with Gasteiger partial charge in [0.15, 0.2) is 6.10 Å². The van der Waals surface area contributed by atoms with Crippen LogP contribution in [0.15, 0.2) is 29.2 Å². The van der Waals surface area contributed by atoms with Crippen LogP contribution in [-0.4, -0.2) is 85.9 Å². The number of sulfonamides is 1. The first kappa shape index (κ1) is 19.3. The van der Waals surface area contributed by atoms with Gasteiger partial charge in [-0.3, -0.25) is 9.59 Å². The number of carboxylic acids is 1. The van der Waals surface area contributed by atoms with Crippen molar-refractivity contribution in [1.29, 1.82) is 0 Å². The van der Waals surface area contributed by atoms with E-state index in [1.54, 1.807) is 0 Å². The molecule has 2 aliphatic heterocycles. The lowest BCUT2D eigenvalue weighted by molar-refractivity contribution is -0.154. The van der Waals surface area contributed by atoms with Gasteiger partial charge in [-0.15, -0.1) is 0 Å². The summed E-state index contributed by atoms with van der Waals surface area (Å²) in [6.45, 7) is 0.484. The summed E-state index contributed by atoms with van der Waals surface area (Å²) >= 11 is 0. The number of benzene rings is 1. The van der Waals surface area contributed by atoms with E-state index in [1.165, 1.54) is 29.2 Å². The number of nitrogens with zero attached hydrogens (tertiary/aromatic N) is 2. The molecule has 0 aliphatic carbocycles. The highest BCUT2D eigenvalue weighted by Crippen LogP contribution is 2.18. The molecule has 0 radical (unpaired) electrons. The van der Waals surface area contributed by atoms with E-state index >= 15 is 0 Å². The van der Waals surface area contributed by atoms with Crippen LogP contribution in [0.1, 0.15) is 10.4 Å². The van der Waals surface area contributed by atoms with Crippen molar-refractivity contribution in [3.05, 3.63) is 29.8 Å². The molecule has 2 aliphatic rings. The molecule has 2 amide bonds. The van der Waals surface area contributed by atoms with E-state index in [2.05, 4.69) is 5.32 Å². The number of nitrogens with one attached hydrogen (secondary N) is 1. The Morgan fingerprint density at radius 2 is 1.89 bits per heavy atom. The van der Waals surface area contributed by atoms with Crippen LogP contribution in [0.5, 0.6) is 0 Å². The van der Waals surface area contributed by atoms with Crippen LogP contribution in [-0.2, 0) is 24.3 Å². The van der Waals surface area contributed by atoms with Crippen LogP contribution in [0.2, 0.25) is 0 Å². The summed E-state index contributed by atoms with van der Waals surface area (Å²) in [6.07, 6.45) is -1.08. The number of piperazine rings is 1. The molecule has 10 nitrogen and oxygen atoms in total. The molecule has 0 bridgehead atoms. The molecule has 11 heteroatoms. The molecule has 0 aromatic heterocycles. The summed E-state index contributed by atoms with van der Waals surface area (Å²) in [5.41, 5.74) is 0.247. The van der Waals surface area contributed by atoms with Crippen LogP contribution >= 0.6 is 0 Å². The second-order valence-electron chi connectivity index (χ2n) is 6.16. The van der Waals surface area contributed by atoms with Crippen molar-refractivity contribution in [2.45, 2.75) is 11.0 Å². The van der Waals surface area contributed by atoms with Crippen molar-refractivity contribution in [3.8, 4) is 0 Å². The van der Waals surface area contributed by atoms with Crippen LogP contribution in [0.3, 0.4) is 0 Å². The molecule has 2 N–H and O–H groups in total. The van der Waals surface area contributed by atoms with Gasteiger partial charge in [0.05, 0.1) is 24.6 Å². The molecule has 2 heterocycles. The summed E-state index contributed by atoms with van der Waals surface area (Å²) in [4.78, 5) is 36.3. The van der Waals surface area contributed by atoms with E-state index in [9.17, 15) is 22.8 Å². The fourth-order valence-corrected chi connectivity index (χ4v) is 4.30. The van der Waals surface area contributed by atoms with Gasteiger partial charge in [-0.1, -0.05) is 0 Å². The third kappa shape index (κ3) is 4.10. The number of aliphatic carboxylic acids is 1. The number of rotatable bonds is 4. The molecule has 146 valence electrons. The van der Waals surface area contributed by atoms with Gasteiger partial charge < -0.3 is 20.1 Å². The average molecular weight is 397 g/mol. The number of carbonyl (C=O) groups is 3. The Morgan fingerprint density at radius 1 is 1.19 bits per heavy atom. The molecule has 2 saturated heterocycles. The Kier molecular flexibility index (Phi) is 5.44. The molecule has 0 spiro atoms. The maximum absolute atomic E-state index is 12.6. The molecular weight excluding hydrogens is 378 g/mol. The molecular formula is C16H19N3O7S. The summed E-state index contributed by atoms with van der Waals surface area (Å²) < 4.78 is 31.4. The molecule has 2 fully saturated rings. The number of amides is 2. The molecule has 27 heavy (non-hydrogen) atoms. The Bertz CT molecular complexity index is 853. The van der Waals surface area contributed by atoms with Crippen LogP contribution in [0.4, 0.5) is 0 Å². The normalized spacial score (nSPS) is 21.6. The van der Waals surface area contributed by atoms with E-state index in [0.29, 0.717) is 0 Å².